The number of fused-ring (bicyclic) bond motifs is 1. The number of hydrogen-bond donors (Lipinski definition) is 3. The van der Waals surface area contributed by atoms with Gasteiger partial charge in [-0.05, 0) is 23.5 Å². The van der Waals surface area contributed by atoms with Crippen molar-refractivity contribution in [2.24, 2.45) is 5.41 Å². The number of nitrogens with one attached hydrogen (secondary N) is 3. The first-order valence-corrected chi connectivity index (χ1v) is 8.51. The zero-order chi connectivity index (χ0) is 17.3. The smallest absolute Gasteiger partial charge is 0.272 e. The average Bonchev–Trinajstić information content (AvgIpc) is 2.96. The van der Waals surface area contributed by atoms with Crippen molar-refractivity contribution in [3.05, 3.63) is 52.3 Å². The standard InChI is InChI=1S/C19H26N4O/c1-12-7-5-6-8-13(12)17(19(2,3)4)21-18(24)16-14-11-20-10-9-15(14)22-23-16/h5-8,17,20H,9-11H2,1-4H3,(H,21,24)(H,22,23). The lowest BCUT2D eigenvalue weighted by molar-refractivity contribution is 0.0895. The molecule has 3 N–H and O–H groups in total. The minimum atomic E-state index is -0.112. The number of hydrogen-bond acceptors (Lipinski definition) is 3. The summed E-state index contributed by atoms with van der Waals surface area (Å²) in [4.78, 5) is 12.9. The highest BCUT2D eigenvalue weighted by Crippen LogP contribution is 2.34. The van der Waals surface area contributed by atoms with Crippen molar-refractivity contribution >= 4 is 5.91 Å². The second-order valence-corrected chi connectivity index (χ2v) is 7.59. The highest BCUT2D eigenvalue weighted by molar-refractivity contribution is 5.94. The van der Waals surface area contributed by atoms with E-state index in [1.165, 1.54) is 5.56 Å². The molecule has 1 atom stereocenters. The molecule has 3 rings (SSSR count). The van der Waals surface area contributed by atoms with Gasteiger partial charge < -0.3 is 10.6 Å². The lowest BCUT2D eigenvalue weighted by atomic mass is 9.80. The van der Waals surface area contributed by atoms with Gasteiger partial charge in [-0.15, -0.1) is 0 Å². The third-order valence-electron chi connectivity index (χ3n) is 4.66. The van der Waals surface area contributed by atoms with Crippen LogP contribution in [-0.4, -0.2) is 22.6 Å². The van der Waals surface area contributed by atoms with Crippen LogP contribution >= 0.6 is 0 Å². The van der Waals surface area contributed by atoms with E-state index in [0.29, 0.717) is 12.2 Å². The van der Waals surface area contributed by atoms with E-state index in [0.717, 1.165) is 29.8 Å². The van der Waals surface area contributed by atoms with Crippen LogP contribution in [0.1, 0.15) is 59.7 Å². The number of nitrogens with zero attached hydrogens (tertiary/aromatic N) is 1. The number of amides is 1. The molecule has 1 aromatic heterocycles. The number of aromatic amines is 1. The Balaban J connectivity index is 1.90. The molecule has 1 aliphatic rings. The Kier molecular flexibility index (Phi) is 4.45. The van der Waals surface area contributed by atoms with Gasteiger partial charge in [0.1, 0.15) is 0 Å². The number of aromatic nitrogens is 2. The quantitative estimate of drug-likeness (QED) is 0.812. The van der Waals surface area contributed by atoms with Crippen molar-refractivity contribution in [2.45, 2.75) is 46.7 Å². The summed E-state index contributed by atoms with van der Waals surface area (Å²) in [6.07, 6.45) is 0.885. The summed E-state index contributed by atoms with van der Waals surface area (Å²) in [5.74, 6) is -0.112. The van der Waals surface area contributed by atoms with Gasteiger partial charge in [0.15, 0.2) is 5.69 Å². The van der Waals surface area contributed by atoms with Crippen LogP contribution in [0.2, 0.25) is 0 Å². The third-order valence-corrected chi connectivity index (χ3v) is 4.66. The van der Waals surface area contributed by atoms with E-state index in [1.807, 2.05) is 12.1 Å². The van der Waals surface area contributed by atoms with E-state index in [2.05, 4.69) is 60.7 Å². The average molecular weight is 326 g/mol. The molecule has 1 aliphatic heterocycles. The fraction of sp³-hybridized carbons (Fsp3) is 0.474. The van der Waals surface area contributed by atoms with Gasteiger partial charge in [0.2, 0.25) is 0 Å². The van der Waals surface area contributed by atoms with E-state index in [9.17, 15) is 4.79 Å². The van der Waals surface area contributed by atoms with Crippen molar-refractivity contribution in [2.75, 3.05) is 6.54 Å². The molecule has 24 heavy (non-hydrogen) atoms. The molecule has 0 fully saturated rings. The molecule has 1 aromatic carbocycles. The molecule has 5 heteroatoms. The minimum Gasteiger partial charge on any atom is -0.343 e. The molecular weight excluding hydrogens is 300 g/mol. The molecule has 2 heterocycles. The van der Waals surface area contributed by atoms with Crippen molar-refractivity contribution in [1.82, 2.24) is 20.8 Å². The Morgan fingerprint density at radius 1 is 1.29 bits per heavy atom. The fourth-order valence-corrected chi connectivity index (χ4v) is 3.28. The first-order chi connectivity index (χ1) is 11.4. The lowest BCUT2D eigenvalue weighted by Gasteiger charge is -2.33. The first kappa shape index (κ1) is 16.7. The molecule has 0 saturated carbocycles. The summed E-state index contributed by atoms with van der Waals surface area (Å²) < 4.78 is 0. The summed E-state index contributed by atoms with van der Waals surface area (Å²) in [6, 6.07) is 8.15. The molecule has 128 valence electrons. The van der Waals surface area contributed by atoms with E-state index >= 15 is 0 Å². The second-order valence-electron chi connectivity index (χ2n) is 7.59. The summed E-state index contributed by atoms with van der Waals surface area (Å²) >= 11 is 0. The van der Waals surface area contributed by atoms with Crippen LogP contribution in [0.25, 0.3) is 0 Å². The van der Waals surface area contributed by atoms with Gasteiger partial charge in [-0.1, -0.05) is 45.0 Å². The SMILES string of the molecule is Cc1ccccc1C(NC(=O)c1n[nH]c2c1CNCC2)C(C)(C)C. The molecule has 0 aliphatic carbocycles. The Bertz CT molecular complexity index is 742. The van der Waals surface area contributed by atoms with E-state index in [1.54, 1.807) is 0 Å². The number of benzene rings is 1. The van der Waals surface area contributed by atoms with Crippen LogP contribution in [0.3, 0.4) is 0 Å². The molecule has 1 unspecified atom stereocenters. The number of rotatable bonds is 3. The summed E-state index contributed by atoms with van der Waals surface area (Å²) in [5.41, 5.74) is 4.82. The summed E-state index contributed by atoms with van der Waals surface area (Å²) in [7, 11) is 0. The Labute approximate surface area is 143 Å². The van der Waals surface area contributed by atoms with Crippen LogP contribution in [0.5, 0.6) is 0 Å². The fourth-order valence-electron chi connectivity index (χ4n) is 3.28. The zero-order valence-electron chi connectivity index (χ0n) is 14.9. The minimum absolute atomic E-state index is 0.0740. The van der Waals surface area contributed by atoms with Gasteiger partial charge in [0.25, 0.3) is 5.91 Å². The van der Waals surface area contributed by atoms with E-state index in [4.69, 9.17) is 0 Å². The Hall–Kier alpha value is -2.14. The lowest BCUT2D eigenvalue weighted by Crippen LogP contribution is -2.38. The zero-order valence-corrected chi connectivity index (χ0v) is 14.9. The van der Waals surface area contributed by atoms with Crippen LogP contribution in [0.4, 0.5) is 0 Å². The van der Waals surface area contributed by atoms with Crippen LogP contribution in [-0.2, 0) is 13.0 Å². The maximum Gasteiger partial charge on any atom is 0.272 e. The predicted octanol–water partition coefficient (Wildman–Crippen LogP) is 2.88. The molecule has 0 radical (unpaired) electrons. The molecular formula is C19H26N4O. The summed E-state index contributed by atoms with van der Waals surface area (Å²) in [6.45, 7) is 10.1. The highest BCUT2D eigenvalue weighted by Gasteiger charge is 2.31. The number of carbonyl (C=O) groups is 1. The maximum atomic E-state index is 12.9. The first-order valence-electron chi connectivity index (χ1n) is 8.51. The number of aryl methyl sites for hydroxylation is 1. The normalized spacial score (nSPS) is 15.7. The van der Waals surface area contributed by atoms with Gasteiger partial charge in [-0.3, -0.25) is 9.89 Å². The summed E-state index contributed by atoms with van der Waals surface area (Å²) in [5, 5.41) is 13.8. The second kappa shape index (κ2) is 6.40. The topological polar surface area (TPSA) is 69.8 Å². The Morgan fingerprint density at radius 2 is 2.04 bits per heavy atom. The van der Waals surface area contributed by atoms with Crippen molar-refractivity contribution < 1.29 is 4.79 Å². The van der Waals surface area contributed by atoms with Crippen LogP contribution < -0.4 is 10.6 Å². The molecule has 5 nitrogen and oxygen atoms in total. The van der Waals surface area contributed by atoms with Crippen LogP contribution in [0.15, 0.2) is 24.3 Å². The van der Waals surface area contributed by atoms with Crippen molar-refractivity contribution in [3.63, 3.8) is 0 Å². The van der Waals surface area contributed by atoms with Crippen molar-refractivity contribution in [1.29, 1.82) is 0 Å². The predicted molar refractivity (Wildman–Crippen MR) is 94.8 cm³/mol. The molecule has 2 aromatic rings. The highest BCUT2D eigenvalue weighted by atomic mass is 16.2. The van der Waals surface area contributed by atoms with E-state index in [-0.39, 0.29) is 17.4 Å². The maximum absolute atomic E-state index is 12.9. The molecule has 1 amide bonds. The molecule has 0 spiro atoms. The van der Waals surface area contributed by atoms with Gasteiger partial charge in [-0.2, -0.15) is 5.10 Å². The van der Waals surface area contributed by atoms with Gasteiger partial charge >= 0.3 is 0 Å². The third kappa shape index (κ3) is 3.22. The van der Waals surface area contributed by atoms with Crippen LogP contribution in [0, 0.1) is 12.3 Å². The molecule has 0 bridgehead atoms. The Morgan fingerprint density at radius 3 is 2.75 bits per heavy atom. The van der Waals surface area contributed by atoms with E-state index < -0.39 is 0 Å². The molecule has 0 saturated heterocycles. The van der Waals surface area contributed by atoms with Gasteiger partial charge in [-0.25, -0.2) is 0 Å². The monoisotopic (exact) mass is 326 g/mol. The largest absolute Gasteiger partial charge is 0.343 e. The number of H-pyrrole nitrogens is 1. The van der Waals surface area contributed by atoms with Gasteiger partial charge in [0, 0.05) is 30.8 Å². The van der Waals surface area contributed by atoms with Crippen molar-refractivity contribution in [3.8, 4) is 0 Å². The number of carbonyl (C=O) groups excluding carboxylic acids is 1. The van der Waals surface area contributed by atoms with Gasteiger partial charge in [0.05, 0.1) is 6.04 Å².